The smallest absolute Gasteiger partial charge is 0.241 e. The van der Waals surface area contributed by atoms with Crippen LogP contribution in [0.5, 0.6) is 0 Å². The number of nitrogens with zero attached hydrogens (tertiary/aromatic N) is 1. The van der Waals surface area contributed by atoms with Crippen molar-refractivity contribution in [3.8, 4) is 0 Å². The van der Waals surface area contributed by atoms with Gasteiger partial charge in [-0.25, -0.2) is 22.5 Å². The number of imidazole rings is 1. The molecule has 0 spiro atoms. The Bertz CT molecular complexity index is 745. The predicted molar refractivity (Wildman–Crippen MR) is 79.8 cm³/mol. The van der Waals surface area contributed by atoms with Crippen LogP contribution in [0.4, 0.5) is 4.39 Å². The number of hydrogen-bond donors (Lipinski definition) is 3. The number of benzene rings is 1. The fraction of sp³-hybridized carbons (Fsp3) is 0.167. The molecule has 2 aromatic rings. The van der Waals surface area contributed by atoms with E-state index in [1.165, 1.54) is 12.1 Å². The zero-order valence-corrected chi connectivity index (χ0v) is 12.5. The molecule has 2 rings (SSSR count). The number of nitrogens with one attached hydrogen (secondary N) is 2. The molecule has 1 aromatic heterocycles. The molecule has 0 aliphatic carbocycles. The second kappa shape index (κ2) is 6.29. The van der Waals surface area contributed by atoms with Crippen molar-refractivity contribution in [1.82, 2.24) is 14.7 Å². The molecular weight excluding hydrogens is 315 g/mol. The highest BCUT2D eigenvalue weighted by Crippen LogP contribution is 2.18. The Kier molecular flexibility index (Phi) is 4.66. The molecule has 0 saturated heterocycles. The van der Waals surface area contributed by atoms with Crippen LogP contribution in [0.2, 0.25) is 0 Å². The summed E-state index contributed by atoms with van der Waals surface area (Å²) in [4.78, 5) is 6.26. The van der Waals surface area contributed by atoms with Gasteiger partial charge in [-0.2, -0.15) is 0 Å². The van der Waals surface area contributed by atoms with Gasteiger partial charge in [-0.1, -0.05) is 18.3 Å². The minimum Gasteiger partial charge on any atom is -0.389 e. The van der Waals surface area contributed by atoms with Crippen LogP contribution < -0.4 is 10.5 Å². The van der Waals surface area contributed by atoms with Crippen molar-refractivity contribution in [2.24, 2.45) is 5.73 Å². The van der Waals surface area contributed by atoms with Gasteiger partial charge in [-0.3, -0.25) is 0 Å². The van der Waals surface area contributed by atoms with Gasteiger partial charge in [0, 0.05) is 25.4 Å². The molecule has 1 heterocycles. The summed E-state index contributed by atoms with van der Waals surface area (Å²) < 4.78 is 40.5. The van der Waals surface area contributed by atoms with Gasteiger partial charge in [0.15, 0.2) is 0 Å². The molecule has 0 unspecified atom stereocenters. The highest BCUT2D eigenvalue weighted by Gasteiger charge is 2.22. The second-order valence-electron chi connectivity index (χ2n) is 4.16. The first-order valence-electron chi connectivity index (χ1n) is 5.98. The first-order chi connectivity index (χ1) is 9.92. The second-order valence-corrected chi connectivity index (χ2v) is 6.34. The van der Waals surface area contributed by atoms with Gasteiger partial charge < -0.3 is 10.7 Å². The van der Waals surface area contributed by atoms with Gasteiger partial charge in [0.2, 0.25) is 10.0 Å². The Morgan fingerprint density at radius 1 is 1.48 bits per heavy atom. The Labute approximate surface area is 126 Å². The summed E-state index contributed by atoms with van der Waals surface area (Å²) in [5.41, 5.74) is 5.12. The SMILES string of the molecule is NC(=S)c1c(F)cccc1S(=O)(=O)NCCc1ncc[nH]1. The van der Waals surface area contributed by atoms with E-state index in [1.54, 1.807) is 12.4 Å². The van der Waals surface area contributed by atoms with E-state index in [1.807, 2.05) is 0 Å². The summed E-state index contributed by atoms with van der Waals surface area (Å²) in [5, 5.41) is 0. The van der Waals surface area contributed by atoms with Crippen LogP contribution in [0, 0.1) is 5.82 Å². The zero-order valence-electron chi connectivity index (χ0n) is 10.8. The maximum Gasteiger partial charge on any atom is 0.241 e. The quantitative estimate of drug-likeness (QED) is 0.678. The molecule has 0 saturated carbocycles. The molecule has 0 fully saturated rings. The van der Waals surface area contributed by atoms with Gasteiger partial charge in [-0.05, 0) is 12.1 Å². The Balaban J connectivity index is 2.20. The molecule has 0 atom stereocenters. The van der Waals surface area contributed by atoms with Crippen molar-refractivity contribution in [3.63, 3.8) is 0 Å². The van der Waals surface area contributed by atoms with Crippen LogP contribution in [0.1, 0.15) is 11.4 Å². The van der Waals surface area contributed by atoms with Crippen molar-refractivity contribution in [2.75, 3.05) is 6.54 Å². The van der Waals surface area contributed by atoms with Gasteiger partial charge in [0.25, 0.3) is 0 Å². The molecule has 0 radical (unpaired) electrons. The Morgan fingerprint density at radius 3 is 2.86 bits per heavy atom. The number of hydrogen-bond acceptors (Lipinski definition) is 4. The van der Waals surface area contributed by atoms with Crippen LogP contribution in [0.3, 0.4) is 0 Å². The third-order valence-electron chi connectivity index (χ3n) is 2.72. The molecule has 0 amide bonds. The highest BCUT2D eigenvalue weighted by atomic mass is 32.2. The van der Waals surface area contributed by atoms with Crippen molar-refractivity contribution >= 4 is 27.2 Å². The van der Waals surface area contributed by atoms with Gasteiger partial charge in [0.05, 0.1) is 10.5 Å². The van der Waals surface area contributed by atoms with Crippen LogP contribution in [-0.2, 0) is 16.4 Å². The lowest BCUT2D eigenvalue weighted by atomic mass is 10.2. The summed E-state index contributed by atoms with van der Waals surface area (Å²) in [5.74, 6) is -0.122. The summed E-state index contributed by atoms with van der Waals surface area (Å²) >= 11 is 4.71. The number of rotatable bonds is 6. The molecule has 4 N–H and O–H groups in total. The van der Waals surface area contributed by atoms with E-state index in [4.69, 9.17) is 18.0 Å². The third kappa shape index (κ3) is 3.63. The highest BCUT2D eigenvalue weighted by molar-refractivity contribution is 7.89. The maximum atomic E-state index is 13.7. The number of aromatic nitrogens is 2. The molecule has 0 aliphatic rings. The van der Waals surface area contributed by atoms with Crippen molar-refractivity contribution < 1.29 is 12.8 Å². The largest absolute Gasteiger partial charge is 0.389 e. The third-order valence-corrected chi connectivity index (χ3v) is 4.43. The predicted octanol–water partition coefficient (Wildman–Crippen LogP) is 0.704. The lowest BCUT2D eigenvalue weighted by Crippen LogP contribution is -2.29. The average Bonchev–Trinajstić information content (AvgIpc) is 2.91. The first kappa shape index (κ1) is 15.5. The van der Waals surface area contributed by atoms with Gasteiger partial charge >= 0.3 is 0 Å². The molecule has 112 valence electrons. The lowest BCUT2D eigenvalue weighted by molar-refractivity contribution is 0.576. The Morgan fingerprint density at radius 2 is 2.24 bits per heavy atom. The van der Waals surface area contributed by atoms with Crippen LogP contribution >= 0.6 is 12.2 Å². The molecule has 0 aliphatic heterocycles. The van der Waals surface area contributed by atoms with E-state index in [-0.39, 0.29) is 22.0 Å². The minimum atomic E-state index is -3.91. The first-order valence-corrected chi connectivity index (χ1v) is 7.87. The summed E-state index contributed by atoms with van der Waals surface area (Å²) in [6.07, 6.45) is 3.59. The van der Waals surface area contributed by atoms with Crippen LogP contribution in [0.25, 0.3) is 0 Å². The zero-order chi connectivity index (χ0) is 15.5. The molecule has 1 aromatic carbocycles. The van der Waals surface area contributed by atoms with Gasteiger partial charge in [0.1, 0.15) is 16.6 Å². The number of sulfonamides is 1. The molecular formula is C12H13FN4O2S2. The summed E-state index contributed by atoms with van der Waals surface area (Å²) in [6.45, 7) is 0.114. The standard InChI is InChI=1S/C12H13FN4O2S2/c13-8-2-1-3-9(11(8)12(14)20)21(18,19)17-5-4-10-15-6-7-16-10/h1-3,6-7,17H,4-5H2,(H2,14,20)(H,15,16). The van der Waals surface area contributed by atoms with Crippen LogP contribution in [-0.4, -0.2) is 29.9 Å². The number of H-pyrrole nitrogens is 1. The van der Waals surface area contributed by atoms with Crippen molar-refractivity contribution in [1.29, 1.82) is 0 Å². The average molecular weight is 328 g/mol. The van der Waals surface area contributed by atoms with Crippen molar-refractivity contribution in [3.05, 3.63) is 47.8 Å². The van der Waals surface area contributed by atoms with Gasteiger partial charge in [-0.15, -0.1) is 0 Å². The summed E-state index contributed by atoms with van der Waals surface area (Å²) in [6, 6.07) is 3.65. The summed E-state index contributed by atoms with van der Waals surface area (Å²) in [7, 11) is -3.91. The lowest BCUT2D eigenvalue weighted by Gasteiger charge is -2.11. The van der Waals surface area contributed by atoms with Crippen LogP contribution in [0.15, 0.2) is 35.5 Å². The Hall–Kier alpha value is -1.84. The van der Waals surface area contributed by atoms with E-state index in [0.29, 0.717) is 12.2 Å². The fourth-order valence-corrected chi connectivity index (χ4v) is 3.32. The minimum absolute atomic E-state index is 0.114. The maximum absolute atomic E-state index is 13.7. The number of aromatic amines is 1. The molecule has 9 heteroatoms. The number of nitrogens with two attached hydrogens (primary N) is 1. The van der Waals surface area contributed by atoms with Crippen molar-refractivity contribution in [2.45, 2.75) is 11.3 Å². The topological polar surface area (TPSA) is 101 Å². The number of thiocarbonyl (C=S) groups is 1. The molecule has 6 nitrogen and oxygen atoms in total. The monoisotopic (exact) mass is 328 g/mol. The van der Waals surface area contributed by atoms with E-state index < -0.39 is 15.8 Å². The number of halogens is 1. The molecule has 21 heavy (non-hydrogen) atoms. The normalized spacial score (nSPS) is 11.5. The van der Waals surface area contributed by atoms with E-state index in [0.717, 1.165) is 6.07 Å². The van der Waals surface area contributed by atoms with E-state index >= 15 is 0 Å². The van der Waals surface area contributed by atoms with E-state index in [9.17, 15) is 12.8 Å². The molecule has 0 bridgehead atoms. The fourth-order valence-electron chi connectivity index (χ4n) is 1.78. The van der Waals surface area contributed by atoms with E-state index in [2.05, 4.69) is 14.7 Å².